The lowest BCUT2D eigenvalue weighted by molar-refractivity contribution is -0.659. The van der Waals surface area contributed by atoms with E-state index in [2.05, 4.69) is 106 Å². The summed E-state index contributed by atoms with van der Waals surface area (Å²) in [7, 11) is 2.19. The molecule has 0 N–H and O–H groups in total. The lowest BCUT2D eigenvalue weighted by Gasteiger charge is -2.24. The van der Waals surface area contributed by atoms with Crippen LogP contribution in [0.1, 0.15) is 31.9 Å². The Hall–Kier alpha value is -2.84. The summed E-state index contributed by atoms with van der Waals surface area (Å²) >= 11 is 1.93. The van der Waals surface area contributed by atoms with Gasteiger partial charge in [0.05, 0.1) is 10.9 Å². The van der Waals surface area contributed by atoms with Crippen LogP contribution in [-0.2, 0) is 13.5 Å². The molecule has 0 amide bonds. The predicted octanol–water partition coefficient (Wildman–Crippen LogP) is 8.00. The van der Waals surface area contributed by atoms with Gasteiger partial charge in [-0.25, -0.2) is 4.57 Å². The van der Waals surface area contributed by atoms with Crippen LogP contribution in [0.5, 0.6) is 0 Å². The minimum atomic E-state index is 0.246. The maximum atomic E-state index is 2.42. The Morgan fingerprint density at radius 1 is 0.812 bits per heavy atom. The summed E-state index contributed by atoms with van der Waals surface area (Å²) in [6.07, 6.45) is 3.33. The summed E-state index contributed by atoms with van der Waals surface area (Å²) in [6, 6.07) is 22.8. The second-order valence-corrected chi connectivity index (χ2v) is 11.5. The van der Waals surface area contributed by atoms with Crippen LogP contribution < -0.4 is 4.57 Å². The van der Waals surface area contributed by atoms with Gasteiger partial charge in [0.1, 0.15) is 7.05 Å². The number of hydrogen-bond donors (Lipinski definition) is 0. The molecule has 6 rings (SSSR count). The first-order chi connectivity index (χ1) is 15.3. The molecule has 0 spiro atoms. The number of fused-ring (bicyclic) bond motifs is 5. The van der Waals surface area contributed by atoms with Crippen molar-refractivity contribution in [1.82, 2.24) is 0 Å². The monoisotopic (exact) mass is 434 g/mol. The molecule has 0 saturated carbocycles. The third-order valence-electron chi connectivity index (χ3n) is 6.76. The summed E-state index contributed by atoms with van der Waals surface area (Å²) in [4.78, 5) is 2.73. The van der Waals surface area contributed by atoms with E-state index in [1.54, 1.807) is 0 Å². The van der Waals surface area contributed by atoms with Crippen molar-refractivity contribution in [3.05, 3.63) is 78.0 Å². The van der Waals surface area contributed by atoms with Gasteiger partial charge in [0, 0.05) is 21.2 Å². The number of pyridine rings is 1. The fourth-order valence-electron chi connectivity index (χ4n) is 5.48. The van der Waals surface area contributed by atoms with Gasteiger partial charge in [0.15, 0.2) is 6.20 Å². The fraction of sp³-hybridized carbons (Fsp3) is 0.233. The number of hydrogen-bond acceptors (Lipinski definition) is 1. The van der Waals surface area contributed by atoms with Gasteiger partial charge in [-0.3, -0.25) is 0 Å². The molecular weight excluding hydrogens is 406 g/mol. The highest BCUT2D eigenvalue weighted by atomic mass is 32.2. The molecule has 4 aromatic carbocycles. The van der Waals surface area contributed by atoms with Gasteiger partial charge in [-0.1, -0.05) is 75.0 Å². The predicted molar refractivity (Wildman–Crippen MR) is 138 cm³/mol. The van der Waals surface area contributed by atoms with E-state index in [1.807, 2.05) is 11.8 Å². The fourth-order valence-corrected chi connectivity index (χ4v) is 6.75. The van der Waals surface area contributed by atoms with Gasteiger partial charge >= 0.3 is 0 Å². The highest BCUT2D eigenvalue weighted by molar-refractivity contribution is 7.99. The van der Waals surface area contributed by atoms with E-state index in [0.717, 1.165) is 6.42 Å². The third-order valence-corrected chi connectivity index (χ3v) is 7.84. The molecule has 0 fully saturated rings. The van der Waals surface area contributed by atoms with Crippen LogP contribution in [0.25, 0.3) is 43.6 Å². The van der Waals surface area contributed by atoms with Crippen molar-refractivity contribution in [2.45, 2.75) is 43.9 Å². The van der Waals surface area contributed by atoms with Gasteiger partial charge in [0.2, 0.25) is 5.69 Å². The number of rotatable bonds is 1. The zero-order valence-corrected chi connectivity index (χ0v) is 20.2. The molecule has 0 radical (unpaired) electrons. The molecule has 2 heteroatoms. The summed E-state index contributed by atoms with van der Waals surface area (Å²) < 4.78 is 2.32. The van der Waals surface area contributed by atoms with E-state index >= 15 is 0 Å². The van der Waals surface area contributed by atoms with E-state index in [-0.39, 0.29) is 5.41 Å². The molecule has 0 aliphatic carbocycles. The zero-order chi connectivity index (χ0) is 22.2. The summed E-state index contributed by atoms with van der Waals surface area (Å²) in [6.45, 7) is 9.28. The van der Waals surface area contributed by atoms with Gasteiger partial charge in [-0.15, -0.1) is 0 Å². The molecular formula is C30H28NS+. The van der Waals surface area contributed by atoms with Gasteiger partial charge < -0.3 is 0 Å². The van der Waals surface area contributed by atoms with Crippen LogP contribution in [-0.4, -0.2) is 0 Å². The quantitative estimate of drug-likeness (QED) is 0.187. The van der Waals surface area contributed by atoms with Crippen molar-refractivity contribution >= 4 is 44.1 Å². The average Bonchev–Trinajstić information content (AvgIpc) is 2.74. The highest BCUT2D eigenvalue weighted by Crippen LogP contribution is 2.51. The van der Waals surface area contributed by atoms with Crippen molar-refractivity contribution in [3.63, 3.8) is 0 Å². The van der Waals surface area contributed by atoms with Crippen LogP contribution in [0.2, 0.25) is 0 Å². The van der Waals surface area contributed by atoms with Crippen LogP contribution >= 0.6 is 11.8 Å². The minimum absolute atomic E-state index is 0.246. The summed E-state index contributed by atoms with van der Waals surface area (Å²) in [5, 5.41) is 8.23. The molecule has 5 aromatic rings. The number of benzene rings is 4. The number of nitrogens with zero attached hydrogens (tertiary/aromatic N) is 1. The zero-order valence-electron chi connectivity index (χ0n) is 19.4. The lowest BCUT2D eigenvalue weighted by Crippen LogP contribution is -2.31. The average molecular weight is 435 g/mol. The molecule has 158 valence electrons. The SMILES string of the molecule is Cc1c2c(cc3ccccc13)Sc1cc3cccc(CC(C)(C)C)c3c3cc[n+](C)c-2c13. The molecule has 1 aliphatic heterocycles. The van der Waals surface area contributed by atoms with Crippen LogP contribution in [0.15, 0.2) is 76.7 Å². The van der Waals surface area contributed by atoms with Gasteiger partial charge in [-0.05, 0) is 63.6 Å². The Morgan fingerprint density at radius 2 is 1.56 bits per heavy atom. The maximum absolute atomic E-state index is 2.42. The smallest absolute Gasteiger partial charge is 0.200 e. The van der Waals surface area contributed by atoms with Crippen molar-refractivity contribution in [3.8, 4) is 11.3 Å². The topological polar surface area (TPSA) is 3.88 Å². The Balaban J connectivity index is 1.77. The van der Waals surface area contributed by atoms with Crippen molar-refractivity contribution in [2.24, 2.45) is 12.5 Å². The van der Waals surface area contributed by atoms with E-state index < -0.39 is 0 Å². The molecule has 2 heterocycles. The lowest BCUT2D eigenvalue weighted by atomic mass is 9.84. The normalized spacial score (nSPS) is 13.2. The Bertz CT molecular complexity index is 1570. The van der Waals surface area contributed by atoms with E-state index in [1.165, 1.54) is 64.5 Å². The molecule has 0 saturated heterocycles. The Morgan fingerprint density at radius 3 is 2.38 bits per heavy atom. The third kappa shape index (κ3) is 2.89. The Kier molecular flexibility index (Phi) is 4.23. The highest BCUT2D eigenvalue weighted by Gasteiger charge is 2.30. The van der Waals surface area contributed by atoms with Crippen molar-refractivity contribution < 1.29 is 4.57 Å². The first kappa shape index (κ1) is 19.8. The standard InChI is InChI=1S/C30H28NS/c1-18-22-12-7-6-9-19(22)15-24-26(18)29-28-23(13-14-31(29)5)27-20(16-25(28)32-24)10-8-11-21(27)17-30(2,3)4/h6-16H,17H2,1-5H3/q+1. The first-order valence-electron chi connectivity index (χ1n) is 11.4. The summed E-state index contributed by atoms with van der Waals surface area (Å²) in [5.41, 5.74) is 5.81. The number of aryl methyl sites for hydroxylation is 2. The molecule has 32 heavy (non-hydrogen) atoms. The molecule has 1 aliphatic rings. The minimum Gasteiger partial charge on any atom is -0.200 e. The molecule has 1 aromatic heterocycles. The second kappa shape index (κ2) is 6.83. The van der Waals surface area contributed by atoms with Gasteiger partial charge in [-0.2, -0.15) is 0 Å². The van der Waals surface area contributed by atoms with Crippen LogP contribution in [0.4, 0.5) is 0 Å². The molecule has 0 bridgehead atoms. The van der Waals surface area contributed by atoms with E-state index in [0.29, 0.717) is 0 Å². The van der Waals surface area contributed by atoms with Crippen molar-refractivity contribution in [2.75, 3.05) is 0 Å². The molecule has 0 unspecified atom stereocenters. The maximum Gasteiger partial charge on any atom is 0.222 e. The second-order valence-electron chi connectivity index (χ2n) is 10.4. The van der Waals surface area contributed by atoms with E-state index in [9.17, 15) is 0 Å². The molecule has 1 nitrogen and oxygen atoms in total. The van der Waals surface area contributed by atoms with Gasteiger partial charge in [0.25, 0.3) is 0 Å². The Labute approximate surface area is 194 Å². The summed E-state index contributed by atoms with van der Waals surface area (Å²) in [5.74, 6) is 0. The van der Waals surface area contributed by atoms with Crippen LogP contribution in [0, 0.1) is 12.3 Å². The largest absolute Gasteiger partial charge is 0.222 e. The molecule has 0 atom stereocenters. The van der Waals surface area contributed by atoms with Crippen molar-refractivity contribution in [1.29, 1.82) is 0 Å². The first-order valence-corrected chi connectivity index (χ1v) is 12.2. The number of aromatic nitrogens is 1. The van der Waals surface area contributed by atoms with E-state index in [4.69, 9.17) is 0 Å². The van der Waals surface area contributed by atoms with Crippen LogP contribution in [0.3, 0.4) is 0 Å².